The molecule has 1 fully saturated rings. The predicted molar refractivity (Wildman–Crippen MR) is 111 cm³/mol. The molecule has 140 valence electrons. The van der Waals surface area contributed by atoms with Gasteiger partial charge in [0.1, 0.15) is 5.69 Å². The van der Waals surface area contributed by atoms with Crippen molar-refractivity contribution in [3.8, 4) is 0 Å². The Balaban J connectivity index is 2.24. The van der Waals surface area contributed by atoms with Crippen LogP contribution in [0, 0.1) is 0 Å². The molecule has 3 rings (SSSR count). The van der Waals surface area contributed by atoms with Gasteiger partial charge < -0.3 is 4.90 Å². The molecule has 2 heteroatoms. The Morgan fingerprint density at radius 2 is 1.44 bits per heavy atom. The minimum absolute atomic E-state index is 0.130. The lowest BCUT2D eigenvalue weighted by Crippen LogP contribution is -2.73. The van der Waals surface area contributed by atoms with Gasteiger partial charge in [0.15, 0.2) is 11.9 Å². The third-order valence-corrected chi connectivity index (χ3v) is 6.74. The van der Waals surface area contributed by atoms with Crippen molar-refractivity contribution in [2.45, 2.75) is 110 Å². The van der Waals surface area contributed by atoms with E-state index in [2.05, 4.69) is 77.6 Å². The van der Waals surface area contributed by atoms with Crippen molar-refractivity contribution in [3.63, 3.8) is 0 Å². The first-order valence-electron chi connectivity index (χ1n) is 10.4. The SMILES string of the molecule is CC1N(C(C)(C)C)c2ccccc2[N+]1(C1CCCCCC1)C(C)(C)C. The van der Waals surface area contributed by atoms with Crippen LogP contribution in [0.4, 0.5) is 11.4 Å². The number of benzene rings is 1. The van der Waals surface area contributed by atoms with Gasteiger partial charge in [0, 0.05) is 18.5 Å². The number of para-hydroxylation sites is 2. The molecule has 2 aliphatic rings. The van der Waals surface area contributed by atoms with Crippen LogP contribution in [0.25, 0.3) is 0 Å². The van der Waals surface area contributed by atoms with Gasteiger partial charge in [-0.25, -0.2) is 0 Å². The highest BCUT2D eigenvalue weighted by Crippen LogP contribution is 2.55. The van der Waals surface area contributed by atoms with Crippen LogP contribution in [-0.4, -0.2) is 23.3 Å². The molecule has 1 aromatic carbocycles. The maximum absolute atomic E-state index is 2.71. The van der Waals surface area contributed by atoms with Crippen molar-refractivity contribution in [2.75, 3.05) is 4.90 Å². The third-order valence-electron chi connectivity index (χ3n) is 6.74. The summed E-state index contributed by atoms with van der Waals surface area (Å²) in [5, 5.41) is 0. The van der Waals surface area contributed by atoms with E-state index in [4.69, 9.17) is 0 Å². The van der Waals surface area contributed by atoms with Crippen LogP contribution in [-0.2, 0) is 0 Å². The van der Waals surface area contributed by atoms with Crippen molar-refractivity contribution in [3.05, 3.63) is 24.3 Å². The van der Waals surface area contributed by atoms with Crippen LogP contribution in [0.2, 0.25) is 0 Å². The Morgan fingerprint density at radius 1 is 0.880 bits per heavy atom. The monoisotopic (exact) mass is 343 g/mol. The molecule has 0 aromatic heterocycles. The van der Waals surface area contributed by atoms with Crippen LogP contribution in [0.3, 0.4) is 0 Å². The smallest absolute Gasteiger partial charge is 0.167 e. The highest BCUT2D eigenvalue weighted by Gasteiger charge is 2.60. The second kappa shape index (κ2) is 6.30. The molecule has 2 atom stereocenters. The highest BCUT2D eigenvalue weighted by molar-refractivity contribution is 5.77. The van der Waals surface area contributed by atoms with E-state index in [1.165, 1.54) is 44.2 Å². The van der Waals surface area contributed by atoms with E-state index in [1.54, 1.807) is 5.69 Å². The molecular formula is C23H39N2+. The van der Waals surface area contributed by atoms with Crippen molar-refractivity contribution in [1.82, 2.24) is 4.48 Å². The molecule has 0 N–H and O–H groups in total. The van der Waals surface area contributed by atoms with Gasteiger partial charge in [-0.3, -0.25) is 4.48 Å². The van der Waals surface area contributed by atoms with Crippen LogP contribution >= 0.6 is 0 Å². The number of quaternary nitrogens is 1. The second-order valence-electron chi connectivity index (χ2n) is 10.3. The number of anilines is 1. The molecule has 1 aliphatic heterocycles. The summed E-state index contributed by atoms with van der Waals surface area (Å²) in [5.41, 5.74) is 3.33. The Morgan fingerprint density at radius 3 is 1.96 bits per heavy atom. The molecule has 25 heavy (non-hydrogen) atoms. The first-order chi connectivity index (χ1) is 11.6. The summed E-state index contributed by atoms with van der Waals surface area (Å²) in [6.45, 7) is 17.0. The average Bonchev–Trinajstić information content (AvgIpc) is 2.64. The summed E-state index contributed by atoms with van der Waals surface area (Å²) >= 11 is 0. The number of fused-ring (bicyclic) bond motifs is 1. The van der Waals surface area contributed by atoms with Gasteiger partial charge in [0.2, 0.25) is 0 Å². The fourth-order valence-electron chi connectivity index (χ4n) is 6.12. The molecule has 0 bridgehead atoms. The van der Waals surface area contributed by atoms with E-state index >= 15 is 0 Å². The van der Waals surface area contributed by atoms with E-state index in [9.17, 15) is 0 Å². The number of rotatable bonds is 1. The quantitative estimate of drug-likeness (QED) is 0.416. The Bertz CT molecular complexity index is 599. The van der Waals surface area contributed by atoms with Gasteiger partial charge in [-0.05, 0) is 73.3 Å². The van der Waals surface area contributed by atoms with E-state index in [0.717, 1.165) is 10.5 Å². The Kier molecular flexibility index (Phi) is 4.73. The molecule has 1 aromatic rings. The number of hydrogen-bond acceptors (Lipinski definition) is 1. The highest BCUT2D eigenvalue weighted by atomic mass is 15.6. The minimum atomic E-state index is 0.130. The lowest BCUT2D eigenvalue weighted by Gasteiger charge is -2.55. The lowest BCUT2D eigenvalue weighted by molar-refractivity contribution is 0.0446. The topological polar surface area (TPSA) is 3.24 Å². The van der Waals surface area contributed by atoms with E-state index < -0.39 is 0 Å². The van der Waals surface area contributed by atoms with Crippen LogP contribution in [0.5, 0.6) is 0 Å². The largest absolute Gasteiger partial charge is 0.312 e. The van der Waals surface area contributed by atoms with Crippen LogP contribution in [0.15, 0.2) is 24.3 Å². The maximum atomic E-state index is 2.71. The third kappa shape index (κ3) is 2.81. The summed E-state index contributed by atoms with van der Waals surface area (Å²) in [6.07, 6.45) is 8.83. The van der Waals surface area contributed by atoms with Gasteiger partial charge in [-0.15, -0.1) is 0 Å². The summed E-state index contributed by atoms with van der Waals surface area (Å²) in [4.78, 5) is 2.71. The number of nitrogens with zero attached hydrogens (tertiary/aromatic N) is 2. The summed E-state index contributed by atoms with van der Waals surface area (Å²) in [7, 11) is 0. The first-order valence-corrected chi connectivity index (χ1v) is 10.4. The molecule has 1 heterocycles. The molecule has 1 saturated carbocycles. The van der Waals surface area contributed by atoms with Crippen molar-refractivity contribution in [1.29, 1.82) is 0 Å². The van der Waals surface area contributed by atoms with Gasteiger partial charge >= 0.3 is 0 Å². The molecule has 0 spiro atoms. The Hall–Kier alpha value is -1.02. The van der Waals surface area contributed by atoms with Crippen molar-refractivity contribution in [2.24, 2.45) is 0 Å². The van der Waals surface area contributed by atoms with E-state index in [-0.39, 0.29) is 11.1 Å². The zero-order valence-corrected chi connectivity index (χ0v) is 17.6. The summed E-state index contributed by atoms with van der Waals surface area (Å²) in [6, 6.07) is 9.99. The molecular weight excluding hydrogens is 304 g/mol. The minimum Gasteiger partial charge on any atom is -0.312 e. The second-order valence-corrected chi connectivity index (χ2v) is 10.3. The molecule has 1 aliphatic carbocycles. The standard InChI is InChI=1S/C23H39N2/c1-18-24(22(2,3)4)20-16-12-13-17-21(20)25(18,23(5,6)7)19-14-10-8-9-11-15-19/h12-13,16-19H,8-11,14-15H2,1-7H3/q+1. The van der Waals surface area contributed by atoms with Crippen LogP contribution < -0.4 is 9.38 Å². The fraction of sp³-hybridized carbons (Fsp3) is 0.739. The maximum Gasteiger partial charge on any atom is 0.167 e. The number of hydrogen-bond donors (Lipinski definition) is 0. The fourth-order valence-corrected chi connectivity index (χ4v) is 6.12. The van der Waals surface area contributed by atoms with Gasteiger partial charge in [0.25, 0.3) is 0 Å². The van der Waals surface area contributed by atoms with E-state index in [0.29, 0.717) is 6.17 Å². The summed E-state index contributed by atoms with van der Waals surface area (Å²) < 4.78 is 1.13. The van der Waals surface area contributed by atoms with Crippen molar-refractivity contribution >= 4 is 11.4 Å². The van der Waals surface area contributed by atoms with Crippen molar-refractivity contribution < 1.29 is 0 Å². The van der Waals surface area contributed by atoms with Gasteiger partial charge in [-0.1, -0.05) is 25.0 Å². The normalized spacial score (nSPS) is 28.8. The molecule has 0 radical (unpaired) electrons. The Labute approximate surface area is 155 Å². The first kappa shape index (κ1) is 18.8. The molecule has 2 nitrogen and oxygen atoms in total. The zero-order chi connectivity index (χ0) is 18.5. The molecule has 0 amide bonds. The van der Waals surface area contributed by atoms with E-state index in [1.807, 2.05) is 0 Å². The zero-order valence-electron chi connectivity index (χ0n) is 17.6. The van der Waals surface area contributed by atoms with Crippen LogP contribution in [0.1, 0.15) is 87.0 Å². The predicted octanol–water partition coefficient (Wildman–Crippen LogP) is 6.48. The molecule has 0 saturated heterocycles. The lowest BCUT2D eigenvalue weighted by atomic mass is 9.90. The van der Waals surface area contributed by atoms with Gasteiger partial charge in [-0.2, -0.15) is 0 Å². The average molecular weight is 344 g/mol. The molecule has 2 unspecified atom stereocenters. The van der Waals surface area contributed by atoms with Gasteiger partial charge in [0.05, 0.1) is 11.6 Å². The summed E-state index contributed by atoms with van der Waals surface area (Å²) in [5.74, 6) is 0.